The van der Waals surface area contributed by atoms with Gasteiger partial charge in [-0.15, -0.1) is 0 Å². The molecular formula is C11H22N2O5S. The van der Waals surface area contributed by atoms with Crippen molar-refractivity contribution in [2.45, 2.75) is 31.7 Å². The molecule has 8 heteroatoms. The van der Waals surface area contributed by atoms with Crippen LogP contribution in [-0.2, 0) is 19.7 Å². The molecule has 19 heavy (non-hydrogen) atoms. The standard InChI is InChI=1S/C11H22N2O5S/c1-13(7-8-18-2)19(16,17)12-10-5-3-9(4-6-10)11(14)15/h9-10,12H,3-8H2,1-2H3,(H,14,15). The second kappa shape index (κ2) is 7.18. The van der Waals surface area contributed by atoms with Crippen LogP contribution in [0.1, 0.15) is 25.7 Å². The molecule has 1 aliphatic carbocycles. The summed E-state index contributed by atoms with van der Waals surface area (Å²) in [7, 11) is -0.509. The average molecular weight is 294 g/mol. The Labute approximate surface area is 114 Å². The van der Waals surface area contributed by atoms with E-state index in [0.29, 0.717) is 32.3 Å². The monoisotopic (exact) mass is 294 g/mol. The highest BCUT2D eigenvalue weighted by Crippen LogP contribution is 2.24. The summed E-state index contributed by atoms with van der Waals surface area (Å²) in [6, 6.07) is -0.175. The van der Waals surface area contributed by atoms with E-state index in [1.165, 1.54) is 18.5 Å². The summed E-state index contributed by atoms with van der Waals surface area (Å²) < 4.78 is 32.6. The van der Waals surface area contributed by atoms with Crippen LogP contribution in [0.5, 0.6) is 0 Å². The fourth-order valence-corrected chi connectivity index (χ4v) is 3.25. The van der Waals surface area contributed by atoms with E-state index in [-0.39, 0.29) is 18.5 Å². The van der Waals surface area contributed by atoms with E-state index in [0.717, 1.165) is 0 Å². The molecule has 0 aromatic rings. The predicted molar refractivity (Wildman–Crippen MR) is 69.9 cm³/mol. The summed E-state index contributed by atoms with van der Waals surface area (Å²) in [5, 5.41) is 8.88. The lowest BCUT2D eigenvalue weighted by molar-refractivity contribution is -0.142. The molecule has 1 saturated carbocycles. The highest BCUT2D eigenvalue weighted by atomic mass is 32.2. The molecule has 0 saturated heterocycles. The molecular weight excluding hydrogens is 272 g/mol. The van der Waals surface area contributed by atoms with Crippen LogP contribution in [0.25, 0.3) is 0 Å². The van der Waals surface area contributed by atoms with Gasteiger partial charge in [0.2, 0.25) is 0 Å². The van der Waals surface area contributed by atoms with Gasteiger partial charge in [0.1, 0.15) is 0 Å². The van der Waals surface area contributed by atoms with Gasteiger partial charge in [-0.3, -0.25) is 4.79 Å². The first-order valence-electron chi connectivity index (χ1n) is 6.32. The number of rotatable bonds is 7. The molecule has 0 atom stereocenters. The summed E-state index contributed by atoms with van der Waals surface area (Å²) in [5.41, 5.74) is 0. The van der Waals surface area contributed by atoms with Gasteiger partial charge in [0.05, 0.1) is 12.5 Å². The summed E-state index contributed by atoms with van der Waals surface area (Å²) in [6.45, 7) is 0.624. The second-order valence-corrected chi connectivity index (χ2v) is 6.63. The summed E-state index contributed by atoms with van der Waals surface area (Å²) in [6.07, 6.45) is 2.16. The molecule has 0 aromatic carbocycles. The van der Waals surface area contributed by atoms with E-state index in [9.17, 15) is 13.2 Å². The van der Waals surface area contributed by atoms with Crippen LogP contribution in [0.4, 0.5) is 0 Å². The zero-order valence-corrected chi connectivity index (χ0v) is 12.1. The number of nitrogens with zero attached hydrogens (tertiary/aromatic N) is 1. The van der Waals surface area contributed by atoms with Crippen molar-refractivity contribution in [1.82, 2.24) is 9.03 Å². The highest BCUT2D eigenvalue weighted by molar-refractivity contribution is 7.87. The van der Waals surface area contributed by atoms with E-state index in [4.69, 9.17) is 9.84 Å². The van der Waals surface area contributed by atoms with E-state index < -0.39 is 16.2 Å². The molecule has 7 nitrogen and oxygen atoms in total. The highest BCUT2D eigenvalue weighted by Gasteiger charge is 2.29. The van der Waals surface area contributed by atoms with Crippen molar-refractivity contribution in [2.75, 3.05) is 27.3 Å². The predicted octanol–water partition coefficient (Wildman–Crippen LogP) is 0.0424. The number of hydrogen-bond donors (Lipinski definition) is 2. The largest absolute Gasteiger partial charge is 0.481 e. The maximum atomic E-state index is 12.0. The number of carboxylic acid groups (broad SMARTS) is 1. The first-order valence-corrected chi connectivity index (χ1v) is 7.76. The van der Waals surface area contributed by atoms with Crippen molar-refractivity contribution < 1.29 is 23.1 Å². The molecule has 0 amide bonds. The molecule has 0 spiro atoms. The van der Waals surface area contributed by atoms with E-state index in [1.54, 1.807) is 0 Å². The van der Waals surface area contributed by atoms with Gasteiger partial charge >= 0.3 is 5.97 Å². The molecule has 0 aliphatic heterocycles. The molecule has 112 valence electrons. The minimum atomic E-state index is -3.51. The Bertz CT molecular complexity index is 390. The molecule has 0 bridgehead atoms. The molecule has 0 aromatic heterocycles. The SMILES string of the molecule is COCCN(C)S(=O)(=O)NC1CCC(C(=O)O)CC1. The first-order chi connectivity index (χ1) is 8.86. The normalized spacial score (nSPS) is 24.6. The van der Waals surface area contributed by atoms with Gasteiger partial charge in [-0.25, -0.2) is 0 Å². The van der Waals surface area contributed by atoms with Crippen molar-refractivity contribution in [3.05, 3.63) is 0 Å². The maximum absolute atomic E-state index is 12.0. The maximum Gasteiger partial charge on any atom is 0.306 e. The van der Waals surface area contributed by atoms with Gasteiger partial charge in [-0.1, -0.05) is 0 Å². The van der Waals surface area contributed by atoms with Crippen LogP contribution in [0, 0.1) is 5.92 Å². The molecule has 0 radical (unpaired) electrons. The lowest BCUT2D eigenvalue weighted by Gasteiger charge is -2.28. The molecule has 1 fully saturated rings. The smallest absolute Gasteiger partial charge is 0.306 e. The number of carboxylic acids is 1. The number of ether oxygens (including phenoxy) is 1. The summed E-state index contributed by atoms with van der Waals surface area (Å²) >= 11 is 0. The van der Waals surface area contributed by atoms with E-state index >= 15 is 0 Å². The van der Waals surface area contributed by atoms with E-state index in [2.05, 4.69) is 4.72 Å². The minimum absolute atomic E-state index is 0.175. The molecule has 0 heterocycles. The zero-order chi connectivity index (χ0) is 14.5. The van der Waals surface area contributed by atoms with Gasteiger partial charge in [0.25, 0.3) is 10.2 Å². The van der Waals surface area contributed by atoms with Gasteiger partial charge in [0.15, 0.2) is 0 Å². The number of aliphatic carboxylic acids is 1. The number of hydrogen-bond acceptors (Lipinski definition) is 4. The average Bonchev–Trinajstić information content (AvgIpc) is 2.36. The Morgan fingerprint density at radius 3 is 2.42 bits per heavy atom. The molecule has 0 unspecified atom stereocenters. The number of methoxy groups -OCH3 is 1. The quantitative estimate of drug-likeness (QED) is 0.691. The van der Waals surface area contributed by atoms with E-state index in [1.807, 2.05) is 0 Å². The zero-order valence-electron chi connectivity index (χ0n) is 11.3. The fraction of sp³-hybridized carbons (Fsp3) is 0.909. The lowest BCUT2D eigenvalue weighted by Crippen LogP contribution is -2.46. The Kier molecular flexibility index (Phi) is 6.18. The Morgan fingerprint density at radius 1 is 1.37 bits per heavy atom. The molecule has 1 rings (SSSR count). The topological polar surface area (TPSA) is 95.9 Å². The summed E-state index contributed by atoms with van der Waals surface area (Å²) in [4.78, 5) is 10.8. The number of nitrogens with one attached hydrogen (secondary N) is 1. The molecule has 1 aliphatic rings. The van der Waals surface area contributed by atoms with Crippen LogP contribution >= 0.6 is 0 Å². The third-order valence-electron chi connectivity index (χ3n) is 3.41. The van der Waals surface area contributed by atoms with Crippen LogP contribution in [0.3, 0.4) is 0 Å². The van der Waals surface area contributed by atoms with Crippen LogP contribution < -0.4 is 4.72 Å². The number of carbonyl (C=O) groups is 1. The third kappa shape index (κ3) is 5.06. The van der Waals surface area contributed by atoms with Gasteiger partial charge in [-0.05, 0) is 25.7 Å². The van der Waals surface area contributed by atoms with Gasteiger partial charge in [-0.2, -0.15) is 17.4 Å². The van der Waals surface area contributed by atoms with Crippen molar-refractivity contribution in [3.63, 3.8) is 0 Å². The third-order valence-corrected chi connectivity index (χ3v) is 5.05. The van der Waals surface area contributed by atoms with Crippen LogP contribution in [0.2, 0.25) is 0 Å². The van der Waals surface area contributed by atoms with Crippen LogP contribution in [-0.4, -0.2) is 57.1 Å². The Balaban J connectivity index is 2.45. The number of likely N-dealkylation sites (N-methyl/N-ethyl adjacent to an activating group) is 1. The minimum Gasteiger partial charge on any atom is -0.481 e. The summed E-state index contributed by atoms with van der Waals surface area (Å²) in [5.74, 6) is -1.13. The van der Waals surface area contributed by atoms with Gasteiger partial charge < -0.3 is 9.84 Å². The van der Waals surface area contributed by atoms with Crippen molar-refractivity contribution in [2.24, 2.45) is 5.92 Å². The molecule has 2 N–H and O–H groups in total. The van der Waals surface area contributed by atoms with Crippen molar-refractivity contribution >= 4 is 16.2 Å². The van der Waals surface area contributed by atoms with Crippen molar-refractivity contribution in [3.8, 4) is 0 Å². The second-order valence-electron chi connectivity index (χ2n) is 4.82. The Hall–Kier alpha value is -0.700. The lowest BCUT2D eigenvalue weighted by atomic mass is 9.87. The Morgan fingerprint density at radius 2 is 1.95 bits per heavy atom. The van der Waals surface area contributed by atoms with Crippen molar-refractivity contribution in [1.29, 1.82) is 0 Å². The fourth-order valence-electron chi connectivity index (χ4n) is 2.10. The van der Waals surface area contributed by atoms with Gasteiger partial charge in [0, 0.05) is 26.7 Å². The van der Waals surface area contributed by atoms with Crippen LogP contribution in [0.15, 0.2) is 0 Å². The first kappa shape index (κ1) is 16.4.